The minimum atomic E-state index is -0.0329. The quantitative estimate of drug-likeness (QED) is 0.596. The van der Waals surface area contributed by atoms with Crippen LogP contribution in [0.4, 0.5) is 11.4 Å². The van der Waals surface area contributed by atoms with Crippen LogP contribution in [0.2, 0.25) is 0 Å². The summed E-state index contributed by atoms with van der Waals surface area (Å²) in [6.07, 6.45) is 4.56. The molecule has 28 heavy (non-hydrogen) atoms. The molecule has 1 fully saturated rings. The van der Waals surface area contributed by atoms with Gasteiger partial charge in [0.2, 0.25) is 11.8 Å². The number of aryl methyl sites for hydroxylation is 1. The van der Waals surface area contributed by atoms with Crippen molar-refractivity contribution in [3.8, 4) is 0 Å². The van der Waals surface area contributed by atoms with Crippen molar-refractivity contribution in [2.45, 2.75) is 51.3 Å². The summed E-state index contributed by atoms with van der Waals surface area (Å²) in [7, 11) is 0. The Hall–Kier alpha value is -2.27. The van der Waals surface area contributed by atoms with Crippen molar-refractivity contribution in [1.29, 1.82) is 0 Å². The van der Waals surface area contributed by atoms with E-state index in [4.69, 9.17) is 0 Å². The number of rotatable bonds is 8. The van der Waals surface area contributed by atoms with Gasteiger partial charge in [0.05, 0.1) is 5.75 Å². The van der Waals surface area contributed by atoms with E-state index in [-0.39, 0.29) is 17.2 Å². The van der Waals surface area contributed by atoms with Crippen molar-refractivity contribution in [2.24, 2.45) is 0 Å². The standard InChI is InChI=1S/C23H28N2O2S/c1-3-5-6-11-21(26)24-19-14-12-18(13-15-19)23-25(22(27)16-28-23)20-10-8-7-9-17(20)4-2/h7-10,12-15,23H,3-6,11,16H2,1-2H3,(H,24,26). The average molecular weight is 397 g/mol. The maximum absolute atomic E-state index is 12.6. The number of benzene rings is 2. The normalized spacial score (nSPS) is 16.4. The van der Waals surface area contributed by atoms with E-state index >= 15 is 0 Å². The fourth-order valence-electron chi connectivity index (χ4n) is 3.47. The number of thioether (sulfide) groups is 1. The SMILES string of the molecule is CCCCCC(=O)Nc1ccc(C2SCC(=O)N2c2ccccc2CC)cc1. The van der Waals surface area contributed by atoms with E-state index in [0.717, 1.165) is 42.6 Å². The van der Waals surface area contributed by atoms with E-state index < -0.39 is 0 Å². The lowest BCUT2D eigenvalue weighted by atomic mass is 10.1. The Morgan fingerprint density at radius 3 is 2.57 bits per heavy atom. The number of nitrogens with one attached hydrogen (secondary N) is 1. The molecule has 0 saturated carbocycles. The van der Waals surface area contributed by atoms with E-state index in [9.17, 15) is 9.59 Å². The Balaban J connectivity index is 1.73. The molecule has 1 unspecified atom stereocenters. The molecule has 1 atom stereocenters. The van der Waals surface area contributed by atoms with Gasteiger partial charge in [-0.1, -0.05) is 57.0 Å². The lowest BCUT2D eigenvalue weighted by Gasteiger charge is -2.26. The van der Waals surface area contributed by atoms with E-state index in [1.54, 1.807) is 11.8 Å². The summed E-state index contributed by atoms with van der Waals surface area (Å²) in [4.78, 5) is 26.5. The minimum absolute atomic E-state index is 0.0329. The van der Waals surface area contributed by atoms with Crippen LogP contribution in [0.15, 0.2) is 48.5 Å². The molecule has 2 amide bonds. The van der Waals surface area contributed by atoms with Gasteiger partial charge in [-0.25, -0.2) is 0 Å². The van der Waals surface area contributed by atoms with E-state index in [1.165, 1.54) is 5.56 Å². The number of nitrogens with zero attached hydrogens (tertiary/aromatic N) is 1. The summed E-state index contributed by atoms with van der Waals surface area (Å²) in [6, 6.07) is 16.0. The second-order valence-corrected chi connectivity index (χ2v) is 8.11. The van der Waals surface area contributed by atoms with Gasteiger partial charge in [0.25, 0.3) is 0 Å². The Kier molecular flexibility index (Phi) is 7.15. The van der Waals surface area contributed by atoms with Gasteiger partial charge in [0, 0.05) is 17.8 Å². The first kappa shape index (κ1) is 20.5. The summed E-state index contributed by atoms with van der Waals surface area (Å²) in [5, 5.41) is 2.93. The number of amides is 2. The number of hydrogen-bond acceptors (Lipinski definition) is 3. The Labute approximate surface area is 171 Å². The molecule has 1 aliphatic heterocycles. The molecule has 0 bridgehead atoms. The summed E-state index contributed by atoms with van der Waals surface area (Å²) in [6.45, 7) is 4.24. The first-order valence-electron chi connectivity index (χ1n) is 10.1. The van der Waals surface area contributed by atoms with E-state index in [1.807, 2.05) is 47.4 Å². The second kappa shape index (κ2) is 9.78. The Morgan fingerprint density at radius 1 is 1.11 bits per heavy atom. The van der Waals surface area contributed by atoms with Crippen LogP contribution in [0.3, 0.4) is 0 Å². The van der Waals surface area contributed by atoms with Gasteiger partial charge in [-0.05, 0) is 42.2 Å². The van der Waals surface area contributed by atoms with Crippen LogP contribution < -0.4 is 10.2 Å². The molecule has 0 spiro atoms. The third-order valence-electron chi connectivity index (χ3n) is 4.99. The monoisotopic (exact) mass is 396 g/mol. The summed E-state index contributed by atoms with van der Waals surface area (Å²) in [5.41, 5.74) is 4.06. The molecule has 4 nitrogen and oxygen atoms in total. The lowest BCUT2D eigenvalue weighted by Crippen LogP contribution is -2.28. The van der Waals surface area contributed by atoms with Crippen LogP contribution in [-0.4, -0.2) is 17.6 Å². The van der Waals surface area contributed by atoms with Crippen molar-refractivity contribution >= 4 is 35.0 Å². The average Bonchev–Trinajstić information content (AvgIpc) is 3.10. The maximum Gasteiger partial charge on any atom is 0.238 e. The summed E-state index contributed by atoms with van der Waals surface area (Å²) < 4.78 is 0. The zero-order valence-electron chi connectivity index (χ0n) is 16.6. The molecule has 1 saturated heterocycles. The smallest absolute Gasteiger partial charge is 0.238 e. The summed E-state index contributed by atoms with van der Waals surface area (Å²) in [5.74, 6) is 0.688. The van der Waals surface area contributed by atoms with Gasteiger partial charge in [-0.3, -0.25) is 14.5 Å². The minimum Gasteiger partial charge on any atom is -0.326 e. The molecule has 1 aliphatic rings. The molecule has 1 N–H and O–H groups in total. The molecule has 2 aromatic carbocycles. The van der Waals surface area contributed by atoms with Crippen LogP contribution in [0.25, 0.3) is 0 Å². The molecule has 0 radical (unpaired) electrons. The predicted molar refractivity (Wildman–Crippen MR) is 118 cm³/mol. The van der Waals surface area contributed by atoms with Crippen LogP contribution in [0.5, 0.6) is 0 Å². The van der Waals surface area contributed by atoms with Gasteiger partial charge >= 0.3 is 0 Å². The second-order valence-electron chi connectivity index (χ2n) is 7.04. The number of carbonyl (C=O) groups is 2. The molecule has 0 aliphatic carbocycles. The van der Waals surface area contributed by atoms with Gasteiger partial charge in [-0.2, -0.15) is 0 Å². The van der Waals surface area contributed by atoms with Gasteiger partial charge in [0.15, 0.2) is 0 Å². The van der Waals surface area contributed by atoms with Crippen molar-refractivity contribution in [2.75, 3.05) is 16.0 Å². The molecule has 5 heteroatoms. The number of para-hydroxylation sites is 1. The van der Waals surface area contributed by atoms with Crippen molar-refractivity contribution < 1.29 is 9.59 Å². The predicted octanol–water partition coefficient (Wildman–Crippen LogP) is 5.55. The molecule has 148 valence electrons. The number of unbranched alkanes of at least 4 members (excludes halogenated alkanes) is 2. The molecule has 3 rings (SSSR count). The first-order valence-corrected chi connectivity index (χ1v) is 11.1. The van der Waals surface area contributed by atoms with Gasteiger partial charge in [0.1, 0.15) is 5.37 Å². The fourth-order valence-corrected chi connectivity index (χ4v) is 4.64. The van der Waals surface area contributed by atoms with Gasteiger partial charge in [-0.15, -0.1) is 11.8 Å². The lowest BCUT2D eigenvalue weighted by molar-refractivity contribution is -0.116. The highest BCUT2D eigenvalue weighted by Crippen LogP contribution is 2.43. The molecular weight excluding hydrogens is 368 g/mol. The third-order valence-corrected chi connectivity index (χ3v) is 6.20. The summed E-state index contributed by atoms with van der Waals surface area (Å²) >= 11 is 1.65. The molecule has 2 aromatic rings. The largest absolute Gasteiger partial charge is 0.326 e. The maximum atomic E-state index is 12.6. The van der Waals surface area contributed by atoms with Crippen LogP contribution in [0.1, 0.15) is 56.0 Å². The molecule has 0 aromatic heterocycles. The zero-order valence-corrected chi connectivity index (χ0v) is 17.4. The Bertz CT molecular complexity index is 820. The van der Waals surface area contributed by atoms with E-state index in [0.29, 0.717) is 12.2 Å². The fraction of sp³-hybridized carbons (Fsp3) is 0.391. The van der Waals surface area contributed by atoms with Crippen molar-refractivity contribution in [1.82, 2.24) is 0 Å². The van der Waals surface area contributed by atoms with Crippen molar-refractivity contribution in [3.63, 3.8) is 0 Å². The van der Waals surface area contributed by atoms with Crippen LogP contribution in [-0.2, 0) is 16.0 Å². The molecular formula is C23H28N2O2S. The topological polar surface area (TPSA) is 49.4 Å². The van der Waals surface area contributed by atoms with Crippen LogP contribution in [0, 0.1) is 0 Å². The first-order chi connectivity index (χ1) is 13.6. The highest BCUT2D eigenvalue weighted by Gasteiger charge is 2.34. The van der Waals surface area contributed by atoms with Crippen molar-refractivity contribution in [3.05, 3.63) is 59.7 Å². The Morgan fingerprint density at radius 2 is 1.86 bits per heavy atom. The molecule has 1 heterocycles. The zero-order chi connectivity index (χ0) is 19.9. The number of carbonyl (C=O) groups excluding carboxylic acids is 2. The third kappa shape index (κ3) is 4.76. The number of anilines is 2. The highest BCUT2D eigenvalue weighted by molar-refractivity contribution is 8.00. The number of hydrogen-bond donors (Lipinski definition) is 1. The highest BCUT2D eigenvalue weighted by atomic mass is 32.2. The van der Waals surface area contributed by atoms with Crippen LogP contribution >= 0.6 is 11.8 Å². The van der Waals surface area contributed by atoms with Gasteiger partial charge < -0.3 is 5.32 Å². The van der Waals surface area contributed by atoms with E-state index in [2.05, 4.69) is 25.2 Å².